The lowest BCUT2D eigenvalue weighted by Gasteiger charge is -2.16. The number of rotatable bonds is 5. The van der Waals surface area contributed by atoms with Crippen molar-refractivity contribution >= 4 is 5.65 Å². The van der Waals surface area contributed by atoms with Gasteiger partial charge in [-0.15, -0.1) is 10.2 Å². The van der Waals surface area contributed by atoms with Crippen LogP contribution < -0.4 is 10.4 Å². The number of fused-ring (bicyclic) bond motifs is 1. The van der Waals surface area contributed by atoms with Gasteiger partial charge in [-0.1, -0.05) is 18.2 Å². The number of para-hydroxylation sites is 1. The van der Waals surface area contributed by atoms with Crippen LogP contribution in [0.25, 0.3) is 5.65 Å². The number of hydrogen-bond acceptors (Lipinski definition) is 7. The lowest BCUT2D eigenvalue weighted by molar-refractivity contribution is -0.0460. The van der Waals surface area contributed by atoms with E-state index in [1.165, 1.54) is 8.97 Å². The van der Waals surface area contributed by atoms with Crippen LogP contribution in [-0.2, 0) is 11.3 Å². The highest BCUT2D eigenvalue weighted by molar-refractivity contribution is 5.45. The summed E-state index contributed by atoms with van der Waals surface area (Å²) in [6.45, 7) is 1.59. The minimum atomic E-state index is -0.829. The SMILES string of the molecule is Cc1cn([C@H]2C[C@H](O)[C@@H](CO)O2)c(=O)n2c(COc3ccccc3)nnc12. The van der Waals surface area contributed by atoms with Gasteiger partial charge in [-0.3, -0.25) is 4.57 Å². The highest BCUT2D eigenvalue weighted by Gasteiger charge is 2.35. The average molecular weight is 372 g/mol. The average Bonchev–Trinajstić information content (AvgIpc) is 3.27. The first-order valence-corrected chi connectivity index (χ1v) is 8.66. The van der Waals surface area contributed by atoms with Crippen LogP contribution in [-0.4, -0.2) is 48.2 Å². The minimum Gasteiger partial charge on any atom is -0.486 e. The van der Waals surface area contributed by atoms with E-state index < -0.39 is 18.4 Å². The van der Waals surface area contributed by atoms with Crippen molar-refractivity contribution < 1.29 is 19.7 Å². The number of aromatic nitrogens is 4. The van der Waals surface area contributed by atoms with Crippen molar-refractivity contribution in [1.29, 1.82) is 0 Å². The lowest BCUT2D eigenvalue weighted by Crippen LogP contribution is -2.31. The minimum absolute atomic E-state index is 0.0806. The van der Waals surface area contributed by atoms with Gasteiger partial charge in [0, 0.05) is 18.2 Å². The summed E-state index contributed by atoms with van der Waals surface area (Å²) >= 11 is 0. The largest absolute Gasteiger partial charge is 0.486 e. The van der Waals surface area contributed by atoms with Gasteiger partial charge in [0.2, 0.25) is 0 Å². The number of benzene rings is 1. The summed E-state index contributed by atoms with van der Waals surface area (Å²) in [4.78, 5) is 13.0. The maximum atomic E-state index is 13.0. The number of aliphatic hydroxyl groups excluding tert-OH is 2. The van der Waals surface area contributed by atoms with E-state index in [4.69, 9.17) is 9.47 Å². The molecule has 3 aromatic rings. The van der Waals surface area contributed by atoms with Crippen molar-refractivity contribution in [3.8, 4) is 5.75 Å². The van der Waals surface area contributed by atoms with Crippen LogP contribution in [0.1, 0.15) is 24.0 Å². The summed E-state index contributed by atoms with van der Waals surface area (Å²) in [6.07, 6.45) is -0.359. The van der Waals surface area contributed by atoms with Crippen LogP contribution >= 0.6 is 0 Å². The normalized spacial score (nSPS) is 22.4. The molecule has 2 N–H and O–H groups in total. The molecule has 1 aliphatic heterocycles. The van der Waals surface area contributed by atoms with Gasteiger partial charge in [0.15, 0.2) is 11.5 Å². The van der Waals surface area contributed by atoms with E-state index in [2.05, 4.69) is 10.2 Å². The molecule has 0 amide bonds. The van der Waals surface area contributed by atoms with E-state index in [1.54, 1.807) is 6.20 Å². The Balaban J connectivity index is 1.69. The molecular weight excluding hydrogens is 352 g/mol. The van der Waals surface area contributed by atoms with E-state index in [9.17, 15) is 15.0 Å². The molecule has 0 bridgehead atoms. The molecule has 3 atom stereocenters. The molecule has 9 heteroatoms. The summed E-state index contributed by atoms with van der Waals surface area (Å²) in [5.41, 5.74) is 0.793. The first kappa shape index (κ1) is 17.7. The summed E-state index contributed by atoms with van der Waals surface area (Å²) in [5, 5.41) is 27.4. The molecule has 0 spiro atoms. The third-order valence-corrected chi connectivity index (χ3v) is 4.63. The summed E-state index contributed by atoms with van der Waals surface area (Å²) < 4.78 is 14.1. The molecule has 9 nitrogen and oxygen atoms in total. The zero-order valence-corrected chi connectivity index (χ0v) is 14.7. The van der Waals surface area contributed by atoms with E-state index >= 15 is 0 Å². The molecule has 3 heterocycles. The Hall–Kier alpha value is -2.75. The summed E-state index contributed by atoms with van der Waals surface area (Å²) in [5.74, 6) is 1.03. The van der Waals surface area contributed by atoms with Crippen LogP contribution in [0.4, 0.5) is 0 Å². The quantitative estimate of drug-likeness (QED) is 0.668. The fourth-order valence-corrected chi connectivity index (χ4v) is 3.22. The Morgan fingerprint density at radius 1 is 1.30 bits per heavy atom. The van der Waals surface area contributed by atoms with Gasteiger partial charge in [0.1, 0.15) is 24.7 Å². The van der Waals surface area contributed by atoms with Gasteiger partial charge in [0.05, 0.1) is 12.7 Å². The second-order valence-corrected chi connectivity index (χ2v) is 6.49. The van der Waals surface area contributed by atoms with E-state index in [0.29, 0.717) is 17.2 Å². The fourth-order valence-electron chi connectivity index (χ4n) is 3.22. The molecule has 1 fully saturated rings. The van der Waals surface area contributed by atoms with Gasteiger partial charge in [-0.05, 0) is 19.1 Å². The smallest absolute Gasteiger partial charge is 0.337 e. The third kappa shape index (κ3) is 3.20. The predicted octanol–water partition coefficient (Wildman–Crippen LogP) is 0.419. The van der Waals surface area contributed by atoms with Crippen LogP contribution in [0.5, 0.6) is 5.75 Å². The van der Waals surface area contributed by atoms with Crippen LogP contribution in [0, 0.1) is 6.92 Å². The molecule has 142 valence electrons. The van der Waals surface area contributed by atoms with Crippen LogP contribution in [0.2, 0.25) is 0 Å². The van der Waals surface area contributed by atoms with Gasteiger partial charge >= 0.3 is 5.69 Å². The highest BCUT2D eigenvalue weighted by Crippen LogP contribution is 2.28. The molecule has 0 aliphatic carbocycles. The number of aryl methyl sites for hydroxylation is 1. The molecular formula is C18H20N4O5. The van der Waals surface area contributed by atoms with Gasteiger partial charge in [-0.25, -0.2) is 9.20 Å². The van der Waals surface area contributed by atoms with E-state index in [1.807, 2.05) is 37.3 Å². The summed E-state index contributed by atoms with van der Waals surface area (Å²) in [7, 11) is 0. The van der Waals surface area contributed by atoms with Crippen molar-refractivity contribution in [2.24, 2.45) is 0 Å². The Bertz CT molecular complexity index is 1000. The van der Waals surface area contributed by atoms with Crippen LogP contribution in [0.15, 0.2) is 41.3 Å². The first-order valence-electron chi connectivity index (χ1n) is 8.66. The molecule has 4 rings (SSSR count). The molecule has 0 unspecified atom stereocenters. The molecule has 1 saturated heterocycles. The zero-order valence-electron chi connectivity index (χ0n) is 14.7. The fraction of sp³-hybridized carbons (Fsp3) is 0.389. The predicted molar refractivity (Wildman–Crippen MR) is 94.4 cm³/mol. The highest BCUT2D eigenvalue weighted by atomic mass is 16.5. The Kier molecular flexibility index (Phi) is 4.65. The van der Waals surface area contributed by atoms with Crippen molar-refractivity contribution in [3.63, 3.8) is 0 Å². The number of nitrogens with zero attached hydrogens (tertiary/aromatic N) is 4. The topological polar surface area (TPSA) is 111 Å². The van der Waals surface area contributed by atoms with Crippen LogP contribution in [0.3, 0.4) is 0 Å². The maximum Gasteiger partial charge on any atom is 0.337 e. The maximum absolute atomic E-state index is 13.0. The van der Waals surface area contributed by atoms with Gasteiger partial charge in [0.25, 0.3) is 0 Å². The van der Waals surface area contributed by atoms with Crippen molar-refractivity contribution in [2.75, 3.05) is 6.61 Å². The van der Waals surface area contributed by atoms with Crippen molar-refractivity contribution in [2.45, 2.75) is 38.4 Å². The number of aliphatic hydroxyl groups is 2. The van der Waals surface area contributed by atoms with Gasteiger partial charge < -0.3 is 19.7 Å². The molecule has 0 saturated carbocycles. The standard InChI is InChI=1S/C18H20N4O5/c1-11-8-21(16-7-13(24)14(9-23)27-16)18(25)22-15(19-20-17(11)22)10-26-12-5-3-2-4-6-12/h2-6,8,13-14,16,23-24H,7,9-10H2,1H3/t13-,14+,16+/m0/s1. The molecule has 2 aromatic heterocycles. The van der Waals surface area contributed by atoms with E-state index in [0.717, 1.165) is 5.56 Å². The Morgan fingerprint density at radius 2 is 2.07 bits per heavy atom. The zero-order chi connectivity index (χ0) is 19.0. The van der Waals surface area contributed by atoms with Gasteiger partial charge in [-0.2, -0.15) is 0 Å². The first-order chi connectivity index (χ1) is 13.1. The lowest BCUT2D eigenvalue weighted by atomic mass is 10.2. The number of ether oxygens (including phenoxy) is 2. The number of hydrogen-bond donors (Lipinski definition) is 2. The molecule has 1 aromatic carbocycles. The van der Waals surface area contributed by atoms with E-state index in [-0.39, 0.29) is 25.3 Å². The Labute approximate surface area is 154 Å². The Morgan fingerprint density at radius 3 is 2.78 bits per heavy atom. The van der Waals surface area contributed by atoms with Crippen molar-refractivity contribution in [3.05, 3.63) is 58.4 Å². The summed E-state index contributed by atoms with van der Waals surface area (Å²) in [6, 6.07) is 9.23. The second kappa shape index (κ2) is 7.10. The third-order valence-electron chi connectivity index (χ3n) is 4.63. The monoisotopic (exact) mass is 372 g/mol. The second-order valence-electron chi connectivity index (χ2n) is 6.49. The van der Waals surface area contributed by atoms with Crippen molar-refractivity contribution in [1.82, 2.24) is 19.2 Å². The molecule has 27 heavy (non-hydrogen) atoms. The molecule has 0 radical (unpaired) electrons. The molecule has 1 aliphatic rings.